The Hall–Kier alpha value is -6.48. The number of esters is 4. The number of nitrogens with one attached hydrogen (secondary N) is 1. The molecule has 1 saturated heterocycles. The average Bonchev–Trinajstić information content (AvgIpc) is 3.30. The molecule has 0 unspecified atom stereocenters. The van der Waals surface area contributed by atoms with Crippen LogP contribution in [0.3, 0.4) is 0 Å². The first-order valence-corrected chi connectivity index (χ1v) is 22.0. The Morgan fingerprint density at radius 2 is 1.29 bits per heavy atom. The molecule has 4 aromatic rings. The zero-order chi connectivity index (χ0) is 47.2. The van der Waals surface area contributed by atoms with Crippen molar-refractivity contribution in [1.82, 2.24) is 5.32 Å². The van der Waals surface area contributed by atoms with Gasteiger partial charge in [-0.15, -0.1) is 0 Å². The molecule has 3 N–H and O–H groups in total. The summed E-state index contributed by atoms with van der Waals surface area (Å²) in [6.45, 7) is 7.49. The second-order valence-electron chi connectivity index (χ2n) is 18.4. The number of ether oxygens (including phenoxy) is 5. The molecule has 3 fully saturated rings. The van der Waals surface area contributed by atoms with Crippen LogP contribution >= 0.6 is 0 Å². The SMILES string of the molecule is CC(=O)O[C@@]12CO[C@@H]1CC[C@@]1(C)C(=O)[C@H](OC(=O)c3ccccc3)C3=C(C)[C@@H](OC(=O)[C@H](O)[C@@H](NC(=O)c4ccccc4)c4ccccc4)C[C@@](O)([C@@H](OC(=O)c4ccccc4)[C@H]21)C3(C)C. The molecule has 14 nitrogen and oxygen atoms in total. The van der Waals surface area contributed by atoms with Gasteiger partial charge in [-0.3, -0.25) is 14.4 Å². The van der Waals surface area contributed by atoms with E-state index in [0.717, 1.165) is 0 Å². The summed E-state index contributed by atoms with van der Waals surface area (Å²) >= 11 is 0. The largest absolute Gasteiger partial charge is 0.456 e. The molecule has 10 atom stereocenters. The molecule has 2 bridgehead atoms. The lowest BCUT2D eigenvalue weighted by Crippen LogP contribution is -2.79. The van der Waals surface area contributed by atoms with Crippen molar-refractivity contribution in [2.75, 3.05) is 6.61 Å². The summed E-state index contributed by atoms with van der Waals surface area (Å²) in [6, 6.07) is 31.4. The summed E-state index contributed by atoms with van der Waals surface area (Å²) < 4.78 is 31.2. The van der Waals surface area contributed by atoms with E-state index in [1.807, 2.05) is 0 Å². The average molecular weight is 900 g/mol. The summed E-state index contributed by atoms with van der Waals surface area (Å²) in [4.78, 5) is 85.6. The highest BCUT2D eigenvalue weighted by atomic mass is 16.6. The molecule has 1 aliphatic heterocycles. The van der Waals surface area contributed by atoms with Gasteiger partial charge in [0, 0.05) is 29.7 Å². The van der Waals surface area contributed by atoms with Crippen LogP contribution in [-0.4, -0.2) is 94.1 Å². The van der Waals surface area contributed by atoms with Crippen LogP contribution in [0.25, 0.3) is 0 Å². The summed E-state index contributed by atoms with van der Waals surface area (Å²) in [5, 5.41) is 28.6. The number of carbonyl (C=O) groups excluding carboxylic acids is 6. The first-order chi connectivity index (χ1) is 31.4. The Bertz CT molecular complexity index is 2550. The van der Waals surface area contributed by atoms with Gasteiger partial charge in [-0.25, -0.2) is 14.4 Å². The highest BCUT2D eigenvalue weighted by Gasteiger charge is 2.76. The van der Waals surface area contributed by atoms with Gasteiger partial charge < -0.3 is 39.2 Å². The topological polar surface area (TPSA) is 201 Å². The van der Waals surface area contributed by atoms with Gasteiger partial charge in [0.25, 0.3) is 5.91 Å². The predicted molar refractivity (Wildman–Crippen MR) is 236 cm³/mol. The third-order valence-corrected chi connectivity index (χ3v) is 14.3. The van der Waals surface area contributed by atoms with Crippen molar-refractivity contribution in [3.63, 3.8) is 0 Å². The molecule has 66 heavy (non-hydrogen) atoms. The maximum atomic E-state index is 15.9. The highest BCUT2D eigenvalue weighted by molar-refractivity contribution is 5.98. The Morgan fingerprint density at radius 3 is 1.82 bits per heavy atom. The van der Waals surface area contributed by atoms with Crippen molar-refractivity contribution in [3.05, 3.63) is 155 Å². The van der Waals surface area contributed by atoms with E-state index in [4.69, 9.17) is 23.7 Å². The molecule has 0 spiro atoms. The van der Waals surface area contributed by atoms with Gasteiger partial charge in [-0.2, -0.15) is 0 Å². The fraction of sp³-hybridized carbons (Fsp3) is 0.385. The molecule has 4 aliphatic rings. The number of amides is 1. The molecule has 3 aliphatic carbocycles. The zero-order valence-corrected chi connectivity index (χ0v) is 37.3. The summed E-state index contributed by atoms with van der Waals surface area (Å²) in [5.41, 5.74) is -5.95. The Balaban J connectivity index is 1.29. The minimum Gasteiger partial charge on any atom is -0.456 e. The van der Waals surface area contributed by atoms with E-state index < -0.39 is 107 Å². The molecular weight excluding hydrogens is 847 g/mol. The predicted octanol–water partition coefficient (Wildman–Crippen LogP) is 6.06. The third kappa shape index (κ3) is 7.90. The lowest BCUT2D eigenvalue weighted by atomic mass is 9.45. The Labute approximate surface area is 382 Å². The number of hydrogen-bond donors (Lipinski definition) is 3. The van der Waals surface area contributed by atoms with E-state index in [0.29, 0.717) is 5.56 Å². The first-order valence-electron chi connectivity index (χ1n) is 22.0. The molecule has 2 saturated carbocycles. The summed E-state index contributed by atoms with van der Waals surface area (Å²) in [7, 11) is 0. The molecule has 344 valence electrons. The minimum atomic E-state index is -2.31. The van der Waals surface area contributed by atoms with E-state index in [1.54, 1.807) is 125 Å². The van der Waals surface area contributed by atoms with Crippen LogP contribution in [0.4, 0.5) is 0 Å². The minimum absolute atomic E-state index is 0.0868. The van der Waals surface area contributed by atoms with E-state index >= 15 is 4.79 Å². The molecule has 1 amide bonds. The van der Waals surface area contributed by atoms with E-state index in [2.05, 4.69) is 5.32 Å². The van der Waals surface area contributed by atoms with Gasteiger partial charge in [0.1, 0.15) is 23.9 Å². The smallest absolute Gasteiger partial charge is 0.339 e. The normalized spacial score (nSPS) is 29.4. The number of aliphatic hydroxyl groups excluding tert-OH is 1. The molecule has 8 rings (SSSR count). The van der Waals surface area contributed by atoms with Crippen molar-refractivity contribution in [2.45, 2.75) is 102 Å². The summed E-state index contributed by atoms with van der Waals surface area (Å²) in [5.74, 6) is -6.14. The molecule has 0 aromatic heterocycles. The maximum absolute atomic E-state index is 15.9. The highest BCUT2D eigenvalue weighted by Crippen LogP contribution is 2.64. The van der Waals surface area contributed by atoms with Crippen LogP contribution in [0.15, 0.2) is 132 Å². The number of ketones is 1. The fourth-order valence-electron chi connectivity index (χ4n) is 10.8. The van der Waals surface area contributed by atoms with E-state index in [-0.39, 0.29) is 47.3 Å². The van der Waals surface area contributed by atoms with E-state index in [1.165, 1.54) is 31.2 Å². The van der Waals surface area contributed by atoms with Gasteiger partial charge in [0.05, 0.1) is 29.7 Å². The Morgan fingerprint density at radius 1 is 0.758 bits per heavy atom. The van der Waals surface area contributed by atoms with E-state index in [9.17, 15) is 34.2 Å². The number of benzene rings is 4. The zero-order valence-electron chi connectivity index (χ0n) is 37.3. The number of rotatable bonds is 11. The number of aliphatic hydroxyl groups is 2. The standard InChI is InChI=1S/C52H53NO13/c1-30-36(63-48(60)40(55)39(32-18-10-6-11-19-32)53-45(57)33-20-12-7-13-21-33)28-52(61)44(65-47(59)35-24-16-9-17-25-35)42-50(5,27-26-37-51(42,29-62-37)66-31(2)54)43(56)41(38(30)49(52,3)4)64-46(58)34-22-14-8-15-23-34/h6-25,36-37,39-42,44,55,61H,26-29H2,1-5H3,(H,53,57)/t36-,37+,39-,40+,41+,42-,44-,50+,51-,52+/m0/s1. The molecule has 14 heteroatoms. The van der Waals surface area contributed by atoms with Crippen LogP contribution in [0.5, 0.6) is 0 Å². The monoisotopic (exact) mass is 899 g/mol. The van der Waals surface area contributed by atoms with Gasteiger partial charge in [0.15, 0.2) is 23.6 Å². The second-order valence-corrected chi connectivity index (χ2v) is 18.4. The van der Waals surface area contributed by atoms with Crippen LogP contribution in [0.2, 0.25) is 0 Å². The quantitative estimate of drug-likeness (QED) is 0.0893. The fourth-order valence-corrected chi connectivity index (χ4v) is 10.8. The van der Waals surface area contributed by atoms with Crippen LogP contribution < -0.4 is 5.32 Å². The van der Waals surface area contributed by atoms with Gasteiger partial charge >= 0.3 is 23.9 Å². The number of fused-ring (bicyclic) bond motifs is 5. The van der Waals surface area contributed by atoms with Gasteiger partial charge in [-0.05, 0) is 72.9 Å². The van der Waals surface area contributed by atoms with Gasteiger partial charge in [-0.1, -0.05) is 106 Å². The van der Waals surface area contributed by atoms with Crippen LogP contribution in [-0.2, 0) is 38.1 Å². The number of hydrogen-bond acceptors (Lipinski definition) is 13. The number of Topliss-reactive ketones (excluding diaryl/α,β-unsaturated/α-hetero) is 1. The number of carbonyl (C=O) groups is 6. The lowest BCUT2D eigenvalue weighted by Gasteiger charge is -2.66. The summed E-state index contributed by atoms with van der Waals surface area (Å²) in [6.07, 6.45) is -7.82. The van der Waals surface area contributed by atoms with Crippen LogP contribution in [0.1, 0.15) is 96.6 Å². The molecule has 4 aromatic carbocycles. The molecule has 1 heterocycles. The van der Waals surface area contributed by atoms with Gasteiger partial charge in [0.2, 0.25) is 0 Å². The van der Waals surface area contributed by atoms with Crippen molar-refractivity contribution >= 4 is 35.6 Å². The molecule has 0 radical (unpaired) electrons. The third-order valence-electron chi connectivity index (χ3n) is 14.3. The van der Waals surface area contributed by atoms with Crippen LogP contribution in [0, 0.1) is 16.7 Å². The lowest BCUT2D eigenvalue weighted by molar-refractivity contribution is -0.332. The molecular formula is C52H53NO13. The Kier molecular flexibility index (Phi) is 12.4. The first kappa shape index (κ1) is 46.1. The maximum Gasteiger partial charge on any atom is 0.339 e. The van der Waals surface area contributed by atoms with Crippen molar-refractivity contribution in [1.29, 1.82) is 0 Å². The second kappa shape index (κ2) is 17.7. The van der Waals surface area contributed by atoms with Crippen molar-refractivity contribution in [3.8, 4) is 0 Å². The van der Waals surface area contributed by atoms with Crippen molar-refractivity contribution in [2.24, 2.45) is 16.7 Å². The van der Waals surface area contributed by atoms with Crippen molar-refractivity contribution < 1.29 is 62.7 Å².